The average Bonchev–Trinajstić information content (AvgIpc) is 2.37. The Balaban J connectivity index is 3.13. The molecule has 0 aliphatic carbocycles. The molecule has 106 valence electrons. The number of aliphatic hydroxyl groups is 1. The van der Waals surface area contributed by atoms with E-state index in [0.717, 1.165) is 0 Å². The van der Waals surface area contributed by atoms with Gasteiger partial charge >= 0.3 is 0 Å². The molecule has 0 aliphatic rings. The fourth-order valence-electron chi connectivity index (χ4n) is 1.57. The first-order valence-corrected chi connectivity index (χ1v) is 6.84. The minimum absolute atomic E-state index is 0.105. The van der Waals surface area contributed by atoms with Crippen LogP contribution >= 0.6 is 15.9 Å². The zero-order valence-corrected chi connectivity index (χ0v) is 12.6. The van der Waals surface area contributed by atoms with Gasteiger partial charge in [0.15, 0.2) is 17.6 Å². The lowest BCUT2D eigenvalue weighted by Crippen LogP contribution is -2.33. The highest BCUT2D eigenvalue weighted by Crippen LogP contribution is 2.37. The predicted molar refractivity (Wildman–Crippen MR) is 75.1 cm³/mol. The summed E-state index contributed by atoms with van der Waals surface area (Å²) in [6.45, 7) is 4.00. The van der Waals surface area contributed by atoms with Crippen LogP contribution in [0, 0.1) is 0 Å². The van der Waals surface area contributed by atoms with E-state index in [2.05, 4.69) is 15.9 Å². The Morgan fingerprint density at radius 1 is 1.47 bits per heavy atom. The lowest BCUT2D eigenvalue weighted by molar-refractivity contribution is -0.124. The standard InChI is InChI=1S/C13H18BrNO4/c1-3-10(13(15)17)19-12-9(14)5-8(7-16)6-11(12)18-4-2/h5-6,10,16H,3-4,7H2,1-2H3,(H2,15,17). The Labute approximate surface area is 120 Å². The first-order valence-electron chi connectivity index (χ1n) is 6.05. The van der Waals surface area contributed by atoms with Gasteiger partial charge in [-0.05, 0) is 47.0 Å². The van der Waals surface area contributed by atoms with Gasteiger partial charge in [-0.3, -0.25) is 4.79 Å². The lowest BCUT2D eigenvalue weighted by Gasteiger charge is -2.19. The number of primary amides is 1. The summed E-state index contributed by atoms with van der Waals surface area (Å²) < 4.78 is 11.7. The number of amides is 1. The van der Waals surface area contributed by atoms with Crippen LogP contribution in [0.1, 0.15) is 25.8 Å². The molecule has 1 aromatic rings. The van der Waals surface area contributed by atoms with Crippen molar-refractivity contribution in [1.29, 1.82) is 0 Å². The second kappa shape index (κ2) is 7.35. The molecular formula is C13H18BrNO4. The smallest absolute Gasteiger partial charge is 0.258 e. The van der Waals surface area contributed by atoms with Gasteiger partial charge in [0.1, 0.15) is 0 Å². The van der Waals surface area contributed by atoms with Gasteiger partial charge in [-0.15, -0.1) is 0 Å². The summed E-state index contributed by atoms with van der Waals surface area (Å²) in [5.41, 5.74) is 5.95. The average molecular weight is 332 g/mol. The van der Waals surface area contributed by atoms with Gasteiger partial charge in [0.05, 0.1) is 17.7 Å². The molecule has 0 heterocycles. The van der Waals surface area contributed by atoms with Crippen molar-refractivity contribution in [2.45, 2.75) is 33.0 Å². The molecule has 0 bridgehead atoms. The van der Waals surface area contributed by atoms with Gasteiger partial charge in [-0.1, -0.05) is 6.92 Å². The van der Waals surface area contributed by atoms with E-state index in [1.165, 1.54) is 0 Å². The van der Waals surface area contributed by atoms with E-state index in [4.69, 9.17) is 15.2 Å². The maximum atomic E-state index is 11.2. The van der Waals surface area contributed by atoms with Crippen LogP contribution in [0.15, 0.2) is 16.6 Å². The second-order valence-electron chi connectivity index (χ2n) is 3.91. The number of ether oxygens (including phenoxy) is 2. The van der Waals surface area contributed by atoms with E-state index in [9.17, 15) is 9.90 Å². The monoisotopic (exact) mass is 331 g/mol. The summed E-state index contributed by atoms with van der Waals surface area (Å²) in [6.07, 6.45) is -0.245. The third-order valence-electron chi connectivity index (χ3n) is 2.50. The van der Waals surface area contributed by atoms with Crippen molar-refractivity contribution >= 4 is 21.8 Å². The number of hydrogen-bond acceptors (Lipinski definition) is 4. The summed E-state index contributed by atoms with van der Waals surface area (Å²) in [7, 11) is 0. The first-order chi connectivity index (χ1) is 9.03. The highest BCUT2D eigenvalue weighted by atomic mass is 79.9. The number of carbonyl (C=O) groups is 1. The van der Waals surface area contributed by atoms with Crippen molar-refractivity contribution in [1.82, 2.24) is 0 Å². The Morgan fingerprint density at radius 2 is 2.16 bits per heavy atom. The fraction of sp³-hybridized carbons (Fsp3) is 0.462. The van der Waals surface area contributed by atoms with Crippen LogP contribution < -0.4 is 15.2 Å². The van der Waals surface area contributed by atoms with Crippen molar-refractivity contribution in [3.05, 3.63) is 22.2 Å². The maximum absolute atomic E-state index is 11.2. The van der Waals surface area contributed by atoms with Gasteiger partial charge in [-0.2, -0.15) is 0 Å². The molecule has 1 rings (SSSR count). The third kappa shape index (κ3) is 4.11. The molecular weight excluding hydrogens is 314 g/mol. The van der Waals surface area contributed by atoms with E-state index in [1.54, 1.807) is 12.1 Å². The molecule has 0 saturated carbocycles. The van der Waals surface area contributed by atoms with Gasteiger partial charge < -0.3 is 20.3 Å². The largest absolute Gasteiger partial charge is 0.490 e. The normalized spacial score (nSPS) is 12.0. The van der Waals surface area contributed by atoms with Gasteiger partial charge in [0.25, 0.3) is 5.91 Å². The number of nitrogens with two attached hydrogens (primary N) is 1. The number of halogens is 1. The van der Waals surface area contributed by atoms with Crippen LogP contribution in [0.25, 0.3) is 0 Å². The number of carbonyl (C=O) groups excluding carboxylic acids is 1. The van der Waals surface area contributed by atoms with Gasteiger partial charge in [-0.25, -0.2) is 0 Å². The Morgan fingerprint density at radius 3 is 2.63 bits per heavy atom. The first kappa shape index (κ1) is 15.8. The van der Waals surface area contributed by atoms with Crippen LogP contribution in [-0.4, -0.2) is 23.7 Å². The molecule has 1 amide bonds. The molecule has 0 aromatic heterocycles. The molecule has 5 nitrogen and oxygen atoms in total. The summed E-state index contributed by atoms with van der Waals surface area (Å²) >= 11 is 3.35. The van der Waals surface area contributed by atoms with Crippen molar-refractivity contribution < 1.29 is 19.4 Å². The molecule has 1 unspecified atom stereocenters. The number of rotatable bonds is 7. The SMILES string of the molecule is CCOc1cc(CO)cc(Br)c1OC(CC)C(N)=O. The minimum atomic E-state index is -0.713. The highest BCUT2D eigenvalue weighted by molar-refractivity contribution is 9.10. The van der Waals surface area contributed by atoms with E-state index in [0.29, 0.717) is 34.6 Å². The molecule has 0 fully saturated rings. The van der Waals surface area contributed by atoms with E-state index < -0.39 is 12.0 Å². The van der Waals surface area contributed by atoms with Gasteiger partial charge in [0, 0.05) is 0 Å². The summed E-state index contributed by atoms with van der Waals surface area (Å²) in [6, 6.07) is 3.39. The van der Waals surface area contributed by atoms with Gasteiger partial charge in [0.2, 0.25) is 0 Å². The maximum Gasteiger partial charge on any atom is 0.258 e. The third-order valence-corrected chi connectivity index (χ3v) is 3.09. The lowest BCUT2D eigenvalue weighted by atomic mass is 10.2. The molecule has 0 radical (unpaired) electrons. The minimum Gasteiger partial charge on any atom is -0.490 e. The van der Waals surface area contributed by atoms with Crippen molar-refractivity contribution in [2.24, 2.45) is 5.73 Å². The van der Waals surface area contributed by atoms with Crippen molar-refractivity contribution in [3.8, 4) is 11.5 Å². The zero-order chi connectivity index (χ0) is 14.4. The predicted octanol–water partition coefficient (Wildman–Crippen LogP) is 1.98. The van der Waals surface area contributed by atoms with Crippen LogP contribution in [-0.2, 0) is 11.4 Å². The number of aliphatic hydroxyl groups excluding tert-OH is 1. The molecule has 0 spiro atoms. The van der Waals surface area contributed by atoms with Crippen LogP contribution in [0.5, 0.6) is 11.5 Å². The van der Waals surface area contributed by atoms with Crippen molar-refractivity contribution in [3.63, 3.8) is 0 Å². The fourth-order valence-corrected chi connectivity index (χ4v) is 2.16. The second-order valence-corrected chi connectivity index (χ2v) is 4.77. The van der Waals surface area contributed by atoms with Crippen LogP contribution in [0.2, 0.25) is 0 Å². The summed E-state index contributed by atoms with van der Waals surface area (Å²) in [5, 5.41) is 9.17. The highest BCUT2D eigenvalue weighted by Gasteiger charge is 2.20. The molecule has 0 saturated heterocycles. The van der Waals surface area contributed by atoms with Crippen LogP contribution in [0.4, 0.5) is 0 Å². The number of benzene rings is 1. The topological polar surface area (TPSA) is 81.8 Å². The van der Waals surface area contributed by atoms with Crippen molar-refractivity contribution in [2.75, 3.05) is 6.61 Å². The quantitative estimate of drug-likeness (QED) is 0.800. The molecule has 19 heavy (non-hydrogen) atoms. The molecule has 3 N–H and O–H groups in total. The van der Waals surface area contributed by atoms with Crippen LogP contribution in [0.3, 0.4) is 0 Å². The van der Waals surface area contributed by atoms with E-state index in [-0.39, 0.29) is 6.61 Å². The Bertz CT molecular complexity index is 451. The zero-order valence-electron chi connectivity index (χ0n) is 11.0. The molecule has 1 aromatic carbocycles. The Kier molecular flexibility index (Phi) is 6.11. The summed E-state index contributed by atoms with van der Waals surface area (Å²) in [4.78, 5) is 11.2. The Hall–Kier alpha value is -1.27. The molecule has 0 aliphatic heterocycles. The summed E-state index contributed by atoms with van der Waals surface area (Å²) in [5.74, 6) is 0.369. The van der Waals surface area contributed by atoms with E-state index >= 15 is 0 Å². The molecule has 6 heteroatoms. The number of hydrogen-bond donors (Lipinski definition) is 2. The molecule has 1 atom stereocenters. The van der Waals surface area contributed by atoms with E-state index in [1.807, 2.05) is 13.8 Å².